The lowest BCUT2D eigenvalue weighted by Gasteiger charge is -2.30. The average Bonchev–Trinajstić information content (AvgIpc) is 2.82. The topological polar surface area (TPSA) is 99.8 Å². The highest BCUT2D eigenvalue weighted by Crippen LogP contribution is 2.26. The fourth-order valence-electron chi connectivity index (χ4n) is 2.35. The number of aromatic carboxylic acids is 1. The van der Waals surface area contributed by atoms with Crippen LogP contribution in [0.2, 0.25) is 0 Å². The monoisotopic (exact) mass is 302 g/mol. The van der Waals surface area contributed by atoms with E-state index in [2.05, 4.69) is 5.32 Å². The molecule has 1 aromatic heterocycles. The number of furan rings is 1. The van der Waals surface area contributed by atoms with Crippen molar-refractivity contribution >= 4 is 16.0 Å². The van der Waals surface area contributed by atoms with E-state index < -0.39 is 16.0 Å². The maximum absolute atomic E-state index is 12.5. The molecule has 0 saturated carbocycles. The highest BCUT2D eigenvalue weighted by atomic mass is 32.2. The van der Waals surface area contributed by atoms with Crippen LogP contribution in [0.3, 0.4) is 0 Å². The minimum atomic E-state index is -3.73. The van der Waals surface area contributed by atoms with Crippen molar-refractivity contribution < 1.29 is 22.7 Å². The minimum absolute atomic E-state index is 0.0732. The molecule has 0 unspecified atom stereocenters. The number of nitrogens with zero attached hydrogens (tertiary/aromatic N) is 1. The number of sulfonamides is 1. The Balaban J connectivity index is 2.31. The summed E-state index contributed by atoms with van der Waals surface area (Å²) in [5.74, 6) is -1.54. The number of hydrogen-bond acceptors (Lipinski definition) is 5. The molecule has 0 amide bonds. The van der Waals surface area contributed by atoms with Gasteiger partial charge in [-0.25, -0.2) is 13.2 Å². The van der Waals surface area contributed by atoms with Crippen LogP contribution in [-0.4, -0.2) is 50.0 Å². The molecule has 1 fully saturated rings. The summed E-state index contributed by atoms with van der Waals surface area (Å²) in [5.41, 5.74) is 0. The van der Waals surface area contributed by atoms with E-state index in [0.29, 0.717) is 0 Å². The van der Waals surface area contributed by atoms with Crippen LogP contribution >= 0.6 is 0 Å². The number of piperidine rings is 1. The van der Waals surface area contributed by atoms with Crippen LogP contribution in [0.4, 0.5) is 0 Å². The van der Waals surface area contributed by atoms with Crippen LogP contribution in [-0.2, 0) is 10.0 Å². The van der Waals surface area contributed by atoms with E-state index in [0.717, 1.165) is 32.0 Å². The molecule has 1 saturated heterocycles. The molecule has 1 aliphatic heterocycles. The van der Waals surface area contributed by atoms with E-state index in [9.17, 15) is 13.2 Å². The van der Waals surface area contributed by atoms with Crippen molar-refractivity contribution in [2.45, 2.75) is 30.7 Å². The summed E-state index contributed by atoms with van der Waals surface area (Å²) in [7, 11) is -2.21. The van der Waals surface area contributed by atoms with Gasteiger partial charge in [-0.2, -0.15) is 4.31 Å². The van der Waals surface area contributed by atoms with Gasteiger partial charge in [0.15, 0.2) is 0 Å². The van der Waals surface area contributed by atoms with Gasteiger partial charge in [0.1, 0.15) is 10.7 Å². The fraction of sp³-hybridized carbons (Fsp3) is 0.583. The second kappa shape index (κ2) is 5.55. The summed E-state index contributed by atoms with van der Waals surface area (Å²) >= 11 is 0. The Kier molecular flexibility index (Phi) is 4.17. The van der Waals surface area contributed by atoms with E-state index in [1.807, 2.05) is 0 Å². The van der Waals surface area contributed by atoms with Crippen molar-refractivity contribution in [2.75, 3.05) is 20.1 Å². The fourth-order valence-corrected chi connectivity index (χ4v) is 3.92. The number of carboxylic acids is 1. The standard InChI is InChI=1S/C12H18N2O5S/c1-8-11(7-10(19-8)12(15)16)20(17,18)14(2)9-3-5-13-6-4-9/h7,9,13H,3-6H2,1-2H3,(H,15,16). The normalized spacial score (nSPS) is 17.6. The largest absolute Gasteiger partial charge is 0.475 e. The van der Waals surface area contributed by atoms with Gasteiger partial charge >= 0.3 is 5.97 Å². The highest BCUT2D eigenvalue weighted by Gasteiger charge is 2.32. The van der Waals surface area contributed by atoms with Crippen molar-refractivity contribution in [3.8, 4) is 0 Å². The van der Waals surface area contributed by atoms with Crippen LogP contribution in [0.15, 0.2) is 15.4 Å². The lowest BCUT2D eigenvalue weighted by atomic mass is 10.1. The Morgan fingerprint density at radius 3 is 2.55 bits per heavy atom. The zero-order chi connectivity index (χ0) is 14.9. The first-order valence-corrected chi connectivity index (χ1v) is 7.80. The molecular formula is C12H18N2O5S. The van der Waals surface area contributed by atoms with Crippen LogP contribution in [0.1, 0.15) is 29.2 Å². The maximum atomic E-state index is 12.5. The van der Waals surface area contributed by atoms with Crippen LogP contribution in [0, 0.1) is 6.92 Å². The number of rotatable bonds is 4. The van der Waals surface area contributed by atoms with Gasteiger partial charge in [0.2, 0.25) is 15.8 Å². The van der Waals surface area contributed by atoms with E-state index in [1.165, 1.54) is 18.3 Å². The molecule has 0 aliphatic carbocycles. The first-order chi connectivity index (χ1) is 9.34. The molecule has 0 aromatic carbocycles. The molecule has 0 atom stereocenters. The lowest BCUT2D eigenvalue weighted by molar-refractivity contribution is 0.0661. The summed E-state index contributed by atoms with van der Waals surface area (Å²) < 4.78 is 31.4. The molecule has 0 radical (unpaired) electrons. The summed E-state index contributed by atoms with van der Waals surface area (Å²) in [6.07, 6.45) is 1.47. The summed E-state index contributed by atoms with van der Waals surface area (Å²) in [6, 6.07) is 0.994. The molecule has 2 rings (SSSR count). The summed E-state index contributed by atoms with van der Waals surface area (Å²) in [6.45, 7) is 3.00. The number of carboxylic acid groups (broad SMARTS) is 1. The van der Waals surface area contributed by atoms with E-state index in [1.54, 1.807) is 0 Å². The molecule has 2 N–H and O–H groups in total. The highest BCUT2D eigenvalue weighted by molar-refractivity contribution is 7.89. The summed E-state index contributed by atoms with van der Waals surface area (Å²) in [4.78, 5) is 10.8. The Morgan fingerprint density at radius 1 is 1.45 bits per heavy atom. The van der Waals surface area contributed by atoms with Crippen molar-refractivity contribution in [1.82, 2.24) is 9.62 Å². The third kappa shape index (κ3) is 2.72. The number of aryl methyl sites for hydroxylation is 1. The van der Waals surface area contributed by atoms with Crippen molar-refractivity contribution in [1.29, 1.82) is 0 Å². The zero-order valence-corrected chi connectivity index (χ0v) is 12.2. The molecule has 1 aliphatic rings. The Labute approximate surface area is 117 Å². The quantitative estimate of drug-likeness (QED) is 0.847. The molecule has 8 heteroatoms. The Morgan fingerprint density at radius 2 is 2.05 bits per heavy atom. The first-order valence-electron chi connectivity index (χ1n) is 6.36. The molecule has 1 aromatic rings. The second-order valence-electron chi connectivity index (χ2n) is 4.84. The van der Waals surface area contributed by atoms with E-state index in [-0.39, 0.29) is 22.5 Å². The van der Waals surface area contributed by atoms with Gasteiger partial charge in [-0.1, -0.05) is 0 Å². The SMILES string of the molecule is Cc1oc(C(=O)O)cc1S(=O)(=O)N(C)C1CCNCC1. The lowest BCUT2D eigenvalue weighted by Crippen LogP contribution is -2.43. The van der Waals surface area contributed by atoms with Gasteiger partial charge in [0, 0.05) is 19.2 Å². The summed E-state index contributed by atoms with van der Waals surface area (Å²) in [5, 5.41) is 12.0. The number of hydrogen-bond donors (Lipinski definition) is 2. The van der Waals surface area contributed by atoms with Crippen LogP contribution in [0.5, 0.6) is 0 Å². The van der Waals surface area contributed by atoms with Gasteiger partial charge in [0.25, 0.3) is 0 Å². The zero-order valence-electron chi connectivity index (χ0n) is 11.4. The van der Waals surface area contributed by atoms with Crippen molar-refractivity contribution in [3.63, 3.8) is 0 Å². The smallest absolute Gasteiger partial charge is 0.371 e. The number of carbonyl (C=O) groups is 1. The average molecular weight is 302 g/mol. The molecule has 0 spiro atoms. The molecule has 2 heterocycles. The third-order valence-electron chi connectivity index (χ3n) is 3.56. The molecule has 7 nitrogen and oxygen atoms in total. The predicted octanol–water partition coefficient (Wildman–Crippen LogP) is 0.659. The van der Waals surface area contributed by atoms with Gasteiger partial charge in [0.05, 0.1) is 0 Å². The van der Waals surface area contributed by atoms with Crippen LogP contribution in [0.25, 0.3) is 0 Å². The Bertz CT molecular complexity index is 601. The van der Waals surface area contributed by atoms with E-state index in [4.69, 9.17) is 9.52 Å². The molecule has 0 bridgehead atoms. The van der Waals surface area contributed by atoms with Gasteiger partial charge < -0.3 is 14.8 Å². The predicted molar refractivity (Wildman–Crippen MR) is 71.2 cm³/mol. The van der Waals surface area contributed by atoms with Crippen molar-refractivity contribution in [2.24, 2.45) is 0 Å². The molecule has 20 heavy (non-hydrogen) atoms. The van der Waals surface area contributed by atoms with Gasteiger partial charge in [-0.15, -0.1) is 0 Å². The molecular weight excluding hydrogens is 284 g/mol. The Hall–Kier alpha value is -1.38. The van der Waals surface area contributed by atoms with Crippen molar-refractivity contribution in [3.05, 3.63) is 17.6 Å². The minimum Gasteiger partial charge on any atom is -0.475 e. The number of nitrogens with one attached hydrogen (secondary N) is 1. The first kappa shape index (κ1) is 15.0. The van der Waals surface area contributed by atoms with Gasteiger partial charge in [-0.3, -0.25) is 0 Å². The van der Waals surface area contributed by atoms with E-state index >= 15 is 0 Å². The second-order valence-corrected chi connectivity index (χ2v) is 6.80. The van der Waals surface area contributed by atoms with Crippen LogP contribution < -0.4 is 5.32 Å². The molecule has 112 valence electrons. The van der Waals surface area contributed by atoms with Gasteiger partial charge in [-0.05, 0) is 32.9 Å². The third-order valence-corrected chi connectivity index (χ3v) is 5.58. The maximum Gasteiger partial charge on any atom is 0.371 e.